The summed E-state index contributed by atoms with van der Waals surface area (Å²) in [6.07, 6.45) is 3.25. The van der Waals surface area contributed by atoms with Crippen molar-refractivity contribution in [2.45, 2.75) is 31.6 Å². The maximum atomic E-state index is 9.29. The lowest BCUT2D eigenvalue weighted by molar-refractivity contribution is 0.255. The van der Waals surface area contributed by atoms with Gasteiger partial charge in [-0.2, -0.15) is 0 Å². The van der Waals surface area contributed by atoms with Gasteiger partial charge in [0.15, 0.2) is 0 Å². The molecule has 0 saturated heterocycles. The maximum Gasteiger partial charge on any atom is 0.119 e. The van der Waals surface area contributed by atoms with Crippen molar-refractivity contribution in [1.29, 1.82) is 0 Å². The van der Waals surface area contributed by atoms with Crippen molar-refractivity contribution in [1.82, 2.24) is 0 Å². The zero-order valence-corrected chi connectivity index (χ0v) is 9.20. The first-order chi connectivity index (χ1) is 7.30. The number of hydrogen-bond donors (Lipinski definition) is 1. The van der Waals surface area contributed by atoms with Gasteiger partial charge in [0.1, 0.15) is 5.75 Å². The molecule has 0 radical (unpaired) electrons. The molecule has 1 aliphatic carbocycles. The summed E-state index contributed by atoms with van der Waals surface area (Å²) in [5.41, 5.74) is 1.32. The van der Waals surface area contributed by atoms with Crippen molar-refractivity contribution in [2.24, 2.45) is 0 Å². The topological polar surface area (TPSA) is 29.5 Å². The fraction of sp³-hybridized carbons (Fsp3) is 0.538. The second-order valence-corrected chi connectivity index (χ2v) is 4.31. The van der Waals surface area contributed by atoms with E-state index < -0.39 is 0 Å². The monoisotopic (exact) mass is 206 g/mol. The summed E-state index contributed by atoms with van der Waals surface area (Å²) in [6.45, 7) is 3.13. The van der Waals surface area contributed by atoms with Gasteiger partial charge in [0.25, 0.3) is 0 Å². The molecule has 0 heterocycles. The molecule has 2 nitrogen and oxygen atoms in total. The lowest BCUT2D eigenvalue weighted by atomic mass is 9.97. The number of benzene rings is 1. The van der Waals surface area contributed by atoms with E-state index in [1.807, 2.05) is 12.1 Å². The van der Waals surface area contributed by atoms with E-state index in [0.717, 1.165) is 31.6 Å². The summed E-state index contributed by atoms with van der Waals surface area (Å²) in [5, 5.41) is 9.29. The van der Waals surface area contributed by atoms with Crippen LogP contribution in [0.1, 0.15) is 31.7 Å². The zero-order chi connectivity index (χ0) is 10.7. The van der Waals surface area contributed by atoms with Crippen LogP contribution >= 0.6 is 0 Å². The first kappa shape index (κ1) is 10.5. The molecule has 1 N–H and O–H groups in total. The van der Waals surface area contributed by atoms with Crippen molar-refractivity contribution in [3.05, 3.63) is 29.8 Å². The Labute approximate surface area is 90.9 Å². The molecule has 15 heavy (non-hydrogen) atoms. The second kappa shape index (κ2) is 4.23. The molecule has 82 valence electrons. The van der Waals surface area contributed by atoms with Gasteiger partial charge in [0.2, 0.25) is 0 Å². The first-order valence-corrected chi connectivity index (χ1v) is 5.65. The van der Waals surface area contributed by atoms with Crippen molar-refractivity contribution < 1.29 is 9.84 Å². The van der Waals surface area contributed by atoms with Gasteiger partial charge in [0.05, 0.1) is 13.2 Å². The molecule has 0 spiro atoms. The van der Waals surface area contributed by atoms with E-state index in [1.165, 1.54) is 5.56 Å². The highest BCUT2D eigenvalue weighted by molar-refractivity contribution is 5.36. The molecule has 1 aromatic rings. The van der Waals surface area contributed by atoms with Gasteiger partial charge in [-0.15, -0.1) is 0 Å². The molecule has 2 rings (SSSR count). The molecule has 0 amide bonds. The predicted octanol–water partition coefficient (Wildman–Crippen LogP) is 2.50. The molecule has 0 bridgehead atoms. The summed E-state index contributed by atoms with van der Waals surface area (Å²) >= 11 is 0. The minimum absolute atomic E-state index is 0.0727. The fourth-order valence-electron chi connectivity index (χ4n) is 1.81. The fourth-order valence-corrected chi connectivity index (χ4v) is 1.81. The van der Waals surface area contributed by atoms with Crippen molar-refractivity contribution in [2.75, 3.05) is 13.2 Å². The van der Waals surface area contributed by atoms with E-state index in [-0.39, 0.29) is 12.0 Å². The van der Waals surface area contributed by atoms with Crippen molar-refractivity contribution in [3.8, 4) is 5.75 Å². The van der Waals surface area contributed by atoms with Crippen LogP contribution in [0.3, 0.4) is 0 Å². The highest BCUT2D eigenvalue weighted by Crippen LogP contribution is 2.47. The first-order valence-electron chi connectivity index (χ1n) is 5.65. The lowest BCUT2D eigenvalue weighted by Gasteiger charge is -2.12. The van der Waals surface area contributed by atoms with E-state index in [0.29, 0.717) is 0 Å². The minimum atomic E-state index is 0.0727. The van der Waals surface area contributed by atoms with Crippen LogP contribution in [0.5, 0.6) is 5.75 Å². The highest BCUT2D eigenvalue weighted by Gasteiger charge is 2.43. The third kappa shape index (κ3) is 2.15. The van der Waals surface area contributed by atoms with Gasteiger partial charge in [-0.3, -0.25) is 0 Å². The average Bonchev–Trinajstić information content (AvgIpc) is 3.08. The second-order valence-electron chi connectivity index (χ2n) is 4.31. The average molecular weight is 206 g/mol. The maximum absolute atomic E-state index is 9.29. The zero-order valence-electron chi connectivity index (χ0n) is 9.20. The van der Waals surface area contributed by atoms with E-state index in [2.05, 4.69) is 19.1 Å². The van der Waals surface area contributed by atoms with Crippen LogP contribution in [0.25, 0.3) is 0 Å². The molecule has 0 aromatic heterocycles. The molecule has 0 unspecified atom stereocenters. The molecule has 1 saturated carbocycles. The number of ether oxygens (including phenoxy) is 1. The van der Waals surface area contributed by atoms with Gasteiger partial charge in [-0.1, -0.05) is 19.1 Å². The number of aliphatic hydroxyl groups is 1. The minimum Gasteiger partial charge on any atom is -0.494 e. The van der Waals surface area contributed by atoms with Crippen molar-refractivity contribution >= 4 is 0 Å². The summed E-state index contributed by atoms with van der Waals surface area (Å²) < 4.78 is 5.51. The van der Waals surface area contributed by atoms with E-state index in [9.17, 15) is 5.11 Å². The van der Waals surface area contributed by atoms with Crippen LogP contribution in [0, 0.1) is 0 Å². The summed E-state index contributed by atoms with van der Waals surface area (Å²) in [6, 6.07) is 8.16. The molecule has 0 atom stereocenters. The molecule has 0 aliphatic heterocycles. The van der Waals surface area contributed by atoms with Gasteiger partial charge < -0.3 is 9.84 Å². The summed E-state index contributed by atoms with van der Waals surface area (Å²) in [5.74, 6) is 0.925. The Balaban J connectivity index is 2.04. The normalized spacial score (nSPS) is 17.5. The largest absolute Gasteiger partial charge is 0.494 e. The van der Waals surface area contributed by atoms with E-state index in [4.69, 9.17) is 4.74 Å². The van der Waals surface area contributed by atoms with E-state index >= 15 is 0 Å². The predicted molar refractivity (Wildman–Crippen MR) is 60.2 cm³/mol. The number of hydrogen-bond acceptors (Lipinski definition) is 2. The van der Waals surface area contributed by atoms with Crippen LogP contribution in [0.2, 0.25) is 0 Å². The van der Waals surface area contributed by atoms with Crippen LogP contribution in [-0.2, 0) is 5.41 Å². The third-order valence-corrected chi connectivity index (χ3v) is 3.10. The Morgan fingerprint density at radius 1 is 1.27 bits per heavy atom. The SMILES string of the molecule is CCCOc1ccc(C2(CO)CC2)cc1. The summed E-state index contributed by atoms with van der Waals surface area (Å²) in [7, 11) is 0. The van der Waals surface area contributed by atoms with Gasteiger partial charge in [-0.05, 0) is 37.0 Å². The van der Waals surface area contributed by atoms with E-state index in [1.54, 1.807) is 0 Å². The van der Waals surface area contributed by atoms with Crippen LogP contribution in [0.15, 0.2) is 24.3 Å². The quantitative estimate of drug-likeness (QED) is 0.802. The molecule has 1 aliphatic rings. The van der Waals surface area contributed by atoms with Crippen LogP contribution in [0.4, 0.5) is 0 Å². The lowest BCUT2D eigenvalue weighted by Crippen LogP contribution is -2.11. The summed E-state index contributed by atoms with van der Waals surface area (Å²) in [4.78, 5) is 0. The third-order valence-electron chi connectivity index (χ3n) is 3.10. The number of aliphatic hydroxyl groups excluding tert-OH is 1. The molecular weight excluding hydrogens is 188 g/mol. The van der Waals surface area contributed by atoms with Gasteiger partial charge in [0, 0.05) is 5.41 Å². The van der Waals surface area contributed by atoms with Crippen LogP contribution in [-0.4, -0.2) is 18.3 Å². The number of rotatable bonds is 5. The Hall–Kier alpha value is -1.02. The smallest absolute Gasteiger partial charge is 0.119 e. The van der Waals surface area contributed by atoms with Gasteiger partial charge in [-0.25, -0.2) is 0 Å². The highest BCUT2D eigenvalue weighted by atomic mass is 16.5. The van der Waals surface area contributed by atoms with Gasteiger partial charge >= 0.3 is 0 Å². The molecule has 2 heteroatoms. The van der Waals surface area contributed by atoms with Crippen molar-refractivity contribution in [3.63, 3.8) is 0 Å². The Bertz CT molecular complexity index is 312. The Kier molecular flexibility index (Phi) is 2.96. The molecular formula is C13H18O2. The standard InChI is InChI=1S/C13H18O2/c1-2-9-15-12-5-3-11(4-6-12)13(10-14)7-8-13/h3-6,14H,2,7-10H2,1H3. The molecule has 1 fully saturated rings. The van der Waals surface area contributed by atoms with Crippen LogP contribution < -0.4 is 4.74 Å². The Morgan fingerprint density at radius 2 is 1.93 bits per heavy atom. The molecule has 1 aromatic carbocycles. The Morgan fingerprint density at radius 3 is 2.40 bits per heavy atom.